The van der Waals surface area contributed by atoms with E-state index in [-0.39, 0.29) is 17.7 Å². The summed E-state index contributed by atoms with van der Waals surface area (Å²) >= 11 is 0. The van der Waals surface area contributed by atoms with E-state index in [1.54, 1.807) is 12.4 Å². The summed E-state index contributed by atoms with van der Waals surface area (Å²) in [6.07, 6.45) is 7.06. The van der Waals surface area contributed by atoms with Crippen LogP contribution in [0.3, 0.4) is 0 Å². The molecule has 2 fully saturated rings. The molecule has 3 nitrogen and oxygen atoms in total. The van der Waals surface area contributed by atoms with Gasteiger partial charge in [-0.1, -0.05) is 18.2 Å². The van der Waals surface area contributed by atoms with Gasteiger partial charge in [-0.3, -0.25) is 9.78 Å². The largest absolute Gasteiger partial charge is 0.327 e. The lowest BCUT2D eigenvalue weighted by Crippen LogP contribution is -2.40. The highest BCUT2D eigenvalue weighted by Crippen LogP contribution is 2.48. The number of hydrogen-bond acceptors (Lipinski definition) is 3. The lowest BCUT2D eigenvalue weighted by atomic mass is 9.79. The van der Waals surface area contributed by atoms with Crippen LogP contribution in [0, 0.1) is 17.8 Å². The van der Waals surface area contributed by atoms with Gasteiger partial charge in [0.25, 0.3) is 0 Å². The van der Waals surface area contributed by atoms with Crippen LogP contribution >= 0.6 is 0 Å². The van der Waals surface area contributed by atoms with Crippen molar-refractivity contribution in [2.45, 2.75) is 25.3 Å². The lowest BCUT2D eigenvalue weighted by Gasteiger charge is -2.27. The van der Waals surface area contributed by atoms with Crippen LogP contribution in [0.4, 0.5) is 0 Å². The van der Waals surface area contributed by atoms with Gasteiger partial charge in [-0.25, -0.2) is 0 Å². The summed E-state index contributed by atoms with van der Waals surface area (Å²) < 4.78 is 0. The van der Waals surface area contributed by atoms with Crippen molar-refractivity contribution in [1.29, 1.82) is 0 Å². The maximum atomic E-state index is 13.0. The zero-order valence-electron chi connectivity index (χ0n) is 11.3. The second-order valence-corrected chi connectivity index (χ2v) is 6.20. The van der Waals surface area contributed by atoms with Crippen LogP contribution in [0.15, 0.2) is 36.7 Å². The van der Waals surface area contributed by atoms with Crippen molar-refractivity contribution < 1.29 is 4.79 Å². The second-order valence-electron chi connectivity index (χ2n) is 6.20. The molecule has 0 spiro atoms. The summed E-state index contributed by atoms with van der Waals surface area (Å²) in [7, 11) is 0. The van der Waals surface area contributed by atoms with E-state index in [2.05, 4.69) is 4.98 Å². The third kappa shape index (κ3) is 1.63. The third-order valence-corrected chi connectivity index (χ3v) is 5.23. The van der Waals surface area contributed by atoms with Crippen LogP contribution in [0.1, 0.15) is 29.6 Å². The molecule has 0 amide bonds. The van der Waals surface area contributed by atoms with E-state index < -0.39 is 0 Å². The molecule has 2 saturated carbocycles. The predicted molar refractivity (Wildman–Crippen MR) is 78.4 cm³/mol. The molecular weight excluding hydrogens is 248 g/mol. The summed E-state index contributed by atoms with van der Waals surface area (Å²) in [5, 5.41) is 2.03. The van der Waals surface area contributed by atoms with E-state index in [1.807, 2.05) is 24.3 Å². The number of nitrogens with zero attached hydrogens (tertiary/aromatic N) is 1. The Kier molecular flexibility index (Phi) is 2.64. The first-order valence-electron chi connectivity index (χ1n) is 7.38. The molecule has 1 aromatic carbocycles. The summed E-state index contributed by atoms with van der Waals surface area (Å²) in [6, 6.07) is 7.90. The number of fused-ring (bicyclic) bond motifs is 3. The first-order chi connectivity index (χ1) is 9.75. The van der Waals surface area contributed by atoms with E-state index >= 15 is 0 Å². The first-order valence-corrected chi connectivity index (χ1v) is 7.38. The fourth-order valence-corrected chi connectivity index (χ4v) is 4.23. The fourth-order valence-electron chi connectivity index (χ4n) is 4.23. The van der Waals surface area contributed by atoms with Gasteiger partial charge in [0.05, 0.1) is 0 Å². The van der Waals surface area contributed by atoms with Crippen LogP contribution in [-0.4, -0.2) is 16.8 Å². The topological polar surface area (TPSA) is 56.0 Å². The van der Waals surface area contributed by atoms with Gasteiger partial charge < -0.3 is 5.73 Å². The molecule has 4 atom stereocenters. The smallest absolute Gasteiger partial charge is 0.168 e. The van der Waals surface area contributed by atoms with E-state index in [1.165, 1.54) is 6.42 Å². The highest BCUT2D eigenvalue weighted by atomic mass is 16.1. The molecule has 4 rings (SSSR count). The molecule has 2 aromatic rings. The van der Waals surface area contributed by atoms with Gasteiger partial charge in [0.1, 0.15) is 0 Å². The van der Waals surface area contributed by atoms with Crippen molar-refractivity contribution in [2.75, 3.05) is 0 Å². The molecule has 102 valence electrons. The number of carbonyl (C=O) groups is 1. The maximum absolute atomic E-state index is 13.0. The number of nitrogens with two attached hydrogens (primary N) is 1. The molecule has 3 heteroatoms. The van der Waals surface area contributed by atoms with Gasteiger partial charge in [-0.05, 0) is 42.6 Å². The Balaban J connectivity index is 1.78. The standard InChI is InChI=1S/C17H18N2O/c18-16-12-5-4-11(8-12)15(16)17(20)13-3-1-2-10-6-7-19-9-14(10)13/h1-3,6-7,9,11-12,15-16H,4-5,8,18H2. The molecule has 2 aliphatic carbocycles. The number of benzene rings is 1. The molecule has 0 saturated heterocycles. The van der Waals surface area contributed by atoms with Gasteiger partial charge in [0, 0.05) is 35.3 Å². The number of carbonyl (C=O) groups excluding carboxylic acids is 1. The lowest BCUT2D eigenvalue weighted by molar-refractivity contribution is 0.0858. The molecule has 2 bridgehead atoms. The molecule has 20 heavy (non-hydrogen) atoms. The molecular formula is C17H18N2O. The summed E-state index contributed by atoms with van der Waals surface area (Å²) in [4.78, 5) is 17.1. The normalized spacial score (nSPS) is 31.9. The number of pyridine rings is 1. The number of ketones is 1. The first kappa shape index (κ1) is 12.0. The third-order valence-electron chi connectivity index (χ3n) is 5.23. The average Bonchev–Trinajstić information content (AvgIpc) is 3.07. The Hall–Kier alpha value is -1.74. The molecule has 0 aliphatic heterocycles. The van der Waals surface area contributed by atoms with Gasteiger partial charge in [-0.15, -0.1) is 0 Å². The van der Waals surface area contributed by atoms with Gasteiger partial charge in [0.2, 0.25) is 0 Å². The van der Waals surface area contributed by atoms with Crippen LogP contribution < -0.4 is 5.73 Å². The van der Waals surface area contributed by atoms with Crippen molar-refractivity contribution in [3.63, 3.8) is 0 Å². The van der Waals surface area contributed by atoms with E-state index in [9.17, 15) is 4.79 Å². The highest BCUT2D eigenvalue weighted by Gasteiger charge is 2.49. The van der Waals surface area contributed by atoms with E-state index in [0.29, 0.717) is 11.8 Å². The van der Waals surface area contributed by atoms with Gasteiger partial charge in [-0.2, -0.15) is 0 Å². The zero-order valence-corrected chi connectivity index (χ0v) is 11.3. The van der Waals surface area contributed by atoms with Crippen LogP contribution in [0.5, 0.6) is 0 Å². The minimum Gasteiger partial charge on any atom is -0.327 e. The summed E-state index contributed by atoms with van der Waals surface area (Å²) in [5.41, 5.74) is 7.11. The monoisotopic (exact) mass is 266 g/mol. The Bertz CT molecular complexity index is 674. The number of aromatic nitrogens is 1. The SMILES string of the molecule is NC1C2CCC(C2)C1C(=O)c1cccc2ccncc12. The van der Waals surface area contributed by atoms with Crippen LogP contribution in [0.25, 0.3) is 10.8 Å². The quantitative estimate of drug-likeness (QED) is 0.850. The van der Waals surface area contributed by atoms with Gasteiger partial charge >= 0.3 is 0 Å². The zero-order chi connectivity index (χ0) is 13.7. The average molecular weight is 266 g/mol. The van der Waals surface area contributed by atoms with Gasteiger partial charge in [0.15, 0.2) is 5.78 Å². The molecule has 2 N–H and O–H groups in total. The Morgan fingerprint density at radius 1 is 1.20 bits per heavy atom. The number of Topliss-reactive ketones (excluding diaryl/α,β-unsaturated/α-hetero) is 1. The molecule has 1 aromatic heterocycles. The number of rotatable bonds is 2. The van der Waals surface area contributed by atoms with Crippen molar-refractivity contribution in [1.82, 2.24) is 4.98 Å². The second kappa shape index (κ2) is 4.38. The van der Waals surface area contributed by atoms with Crippen molar-refractivity contribution in [2.24, 2.45) is 23.5 Å². The number of hydrogen-bond donors (Lipinski definition) is 1. The Morgan fingerprint density at radius 3 is 2.85 bits per heavy atom. The maximum Gasteiger partial charge on any atom is 0.168 e. The highest BCUT2D eigenvalue weighted by molar-refractivity contribution is 6.09. The molecule has 0 radical (unpaired) electrons. The minimum atomic E-state index is 0.0135. The van der Waals surface area contributed by atoms with E-state index in [0.717, 1.165) is 29.2 Å². The van der Waals surface area contributed by atoms with Crippen molar-refractivity contribution in [3.8, 4) is 0 Å². The summed E-state index contributed by atoms with van der Waals surface area (Å²) in [6.45, 7) is 0. The fraction of sp³-hybridized carbons (Fsp3) is 0.412. The Labute approximate surface area is 118 Å². The molecule has 4 unspecified atom stereocenters. The Morgan fingerprint density at radius 2 is 2.05 bits per heavy atom. The predicted octanol–water partition coefficient (Wildman–Crippen LogP) is 2.79. The van der Waals surface area contributed by atoms with E-state index in [4.69, 9.17) is 5.73 Å². The van der Waals surface area contributed by atoms with Crippen molar-refractivity contribution >= 4 is 16.6 Å². The molecule has 1 heterocycles. The van der Waals surface area contributed by atoms with Crippen molar-refractivity contribution in [3.05, 3.63) is 42.2 Å². The van der Waals surface area contributed by atoms with Crippen LogP contribution in [0.2, 0.25) is 0 Å². The van der Waals surface area contributed by atoms with Crippen LogP contribution in [-0.2, 0) is 0 Å². The summed E-state index contributed by atoms with van der Waals surface area (Å²) in [5.74, 6) is 1.29. The minimum absolute atomic E-state index is 0.0135. The molecule has 2 aliphatic rings.